The van der Waals surface area contributed by atoms with E-state index in [4.69, 9.17) is 10.5 Å². The fourth-order valence-corrected chi connectivity index (χ4v) is 2.93. The van der Waals surface area contributed by atoms with Crippen molar-refractivity contribution in [3.05, 3.63) is 12.1 Å². The first-order chi connectivity index (χ1) is 8.02. The summed E-state index contributed by atoms with van der Waals surface area (Å²) in [6.07, 6.45) is 0. The highest BCUT2D eigenvalue weighted by molar-refractivity contribution is 7.91. The quantitative estimate of drug-likeness (QED) is 0.796. The molecule has 7 heteroatoms. The molecule has 2 rings (SSSR count). The SMILES string of the molecule is COc1ccc(N)c(N2CCS(=O)(=O)CC2)n1. The van der Waals surface area contributed by atoms with Crippen molar-refractivity contribution in [1.29, 1.82) is 0 Å². The van der Waals surface area contributed by atoms with Crippen molar-refractivity contribution in [2.75, 3.05) is 42.3 Å². The van der Waals surface area contributed by atoms with Crippen LogP contribution < -0.4 is 15.4 Å². The van der Waals surface area contributed by atoms with Crippen LogP contribution in [0.5, 0.6) is 5.88 Å². The van der Waals surface area contributed by atoms with Gasteiger partial charge in [-0.1, -0.05) is 0 Å². The van der Waals surface area contributed by atoms with Crippen LogP contribution in [0, 0.1) is 0 Å². The molecule has 1 aromatic rings. The van der Waals surface area contributed by atoms with Crippen molar-refractivity contribution < 1.29 is 13.2 Å². The third-order valence-corrected chi connectivity index (χ3v) is 4.34. The van der Waals surface area contributed by atoms with Gasteiger partial charge in [-0.15, -0.1) is 0 Å². The van der Waals surface area contributed by atoms with Crippen LogP contribution in [-0.4, -0.2) is 45.1 Å². The van der Waals surface area contributed by atoms with E-state index in [-0.39, 0.29) is 11.5 Å². The maximum absolute atomic E-state index is 11.3. The Kier molecular flexibility index (Phi) is 3.10. The molecule has 0 aliphatic carbocycles. The van der Waals surface area contributed by atoms with E-state index >= 15 is 0 Å². The van der Waals surface area contributed by atoms with E-state index < -0.39 is 9.84 Å². The summed E-state index contributed by atoms with van der Waals surface area (Å²) < 4.78 is 27.7. The molecule has 17 heavy (non-hydrogen) atoms. The number of sulfone groups is 1. The first-order valence-electron chi connectivity index (χ1n) is 5.28. The fraction of sp³-hybridized carbons (Fsp3) is 0.500. The number of nitrogens with two attached hydrogens (primary N) is 1. The highest BCUT2D eigenvalue weighted by atomic mass is 32.2. The van der Waals surface area contributed by atoms with Gasteiger partial charge in [0, 0.05) is 19.2 Å². The van der Waals surface area contributed by atoms with Gasteiger partial charge in [0.2, 0.25) is 5.88 Å². The molecule has 0 saturated carbocycles. The molecule has 2 heterocycles. The summed E-state index contributed by atoms with van der Waals surface area (Å²) in [5.74, 6) is 1.36. The number of aromatic nitrogens is 1. The molecule has 0 spiro atoms. The average molecular weight is 257 g/mol. The van der Waals surface area contributed by atoms with Crippen LogP contribution in [-0.2, 0) is 9.84 Å². The minimum atomic E-state index is -2.89. The number of nitrogen functional groups attached to an aromatic ring is 1. The second-order valence-electron chi connectivity index (χ2n) is 3.91. The number of hydrogen-bond acceptors (Lipinski definition) is 6. The molecule has 0 radical (unpaired) electrons. The lowest BCUT2D eigenvalue weighted by atomic mass is 10.3. The van der Waals surface area contributed by atoms with Gasteiger partial charge in [-0.05, 0) is 6.07 Å². The molecule has 1 aromatic heterocycles. The number of rotatable bonds is 2. The van der Waals surface area contributed by atoms with E-state index in [1.165, 1.54) is 7.11 Å². The molecule has 1 fully saturated rings. The molecule has 0 amide bonds. The molecule has 2 N–H and O–H groups in total. The summed E-state index contributed by atoms with van der Waals surface area (Å²) in [4.78, 5) is 6.12. The Morgan fingerprint density at radius 2 is 2.00 bits per heavy atom. The van der Waals surface area contributed by atoms with Crippen molar-refractivity contribution in [2.24, 2.45) is 0 Å². The van der Waals surface area contributed by atoms with Gasteiger partial charge in [-0.25, -0.2) is 8.42 Å². The Hall–Kier alpha value is -1.50. The maximum Gasteiger partial charge on any atom is 0.215 e. The molecule has 6 nitrogen and oxygen atoms in total. The molecular formula is C10H15N3O3S. The van der Waals surface area contributed by atoms with Crippen molar-refractivity contribution in [1.82, 2.24) is 4.98 Å². The van der Waals surface area contributed by atoms with Crippen LogP contribution in [0.4, 0.5) is 11.5 Å². The minimum absolute atomic E-state index is 0.144. The maximum atomic E-state index is 11.3. The van der Waals surface area contributed by atoms with Gasteiger partial charge in [-0.2, -0.15) is 4.98 Å². The monoisotopic (exact) mass is 257 g/mol. The molecule has 0 bridgehead atoms. The molecule has 1 saturated heterocycles. The van der Waals surface area contributed by atoms with E-state index in [9.17, 15) is 8.42 Å². The van der Waals surface area contributed by atoms with Gasteiger partial charge in [0.05, 0.1) is 24.3 Å². The van der Waals surface area contributed by atoms with Gasteiger partial charge in [0.25, 0.3) is 0 Å². The predicted molar refractivity (Wildman–Crippen MR) is 66.1 cm³/mol. The van der Waals surface area contributed by atoms with Crippen molar-refractivity contribution in [3.8, 4) is 5.88 Å². The predicted octanol–water partition coefficient (Wildman–Crippen LogP) is -0.0928. The van der Waals surface area contributed by atoms with E-state index in [1.54, 1.807) is 12.1 Å². The minimum Gasteiger partial charge on any atom is -0.481 e. The lowest BCUT2D eigenvalue weighted by Crippen LogP contribution is -2.41. The highest BCUT2D eigenvalue weighted by Gasteiger charge is 2.23. The lowest BCUT2D eigenvalue weighted by Gasteiger charge is -2.28. The molecule has 1 aliphatic rings. The highest BCUT2D eigenvalue weighted by Crippen LogP contribution is 2.24. The fourth-order valence-electron chi connectivity index (χ4n) is 1.73. The molecule has 94 valence electrons. The summed E-state index contributed by atoms with van der Waals surface area (Å²) in [7, 11) is -1.36. The topological polar surface area (TPSA) is 85.5 Å². The molecule has 0 atom stereocenters. The number of pyridine rings is 1. The first-order valence-corrected chi connectivity index (χ1v) is 7.10. The summed E-state index contributed by atoms with van der Waals surface area (Å²) >= 11 is 0. The third-order valence-electron chi connectivity index (χ3n) is 2.73. The number of methoxy groups -OCH3 is 1. The lowest BCUT2D eigenvalue weighted by molar-refractivity contribution is 0.398. The summed E-state index contributed by atoms with van der Waals surface area (Å²) in [6, 6.07) is 3.39. The van der Waals surface area contributed by atoms with Gasteiger partial charge in [0.15, 0.2) is 15.7 Å². The number of hydrogen-bond donors (Lipinski definition) is 1. The van der Waals surface area contributed by atoms with Gasteiger partial charge in [0.1, 0.15) is 0 Å². The van der Waals surface area contributed by atoms with Crippen LogP contribution in [0.2, 0.25) is 0 Å². The summed E-state index contributed by atoms with van der Waals surface area (Å²) in [6.45, 7) is 0.847. The van der Waals surface area contributed by atoms with E-state index in [0.717, 1.165) is 0 Å². The smallest absolute Gasteiger partial charge is 0.215 e. The van der Waals surface area contributed by atoms with E-state index in [1.807, 2.05) is 4.90 Å². The molecule has 1 aliphatic heterocycles. The Morgan fingerprint density at radius 1 is 1.35 bits per heavy atom. The van der Waals surface area contributed by atoms with Crippen LogP contribution in [0.15, 0.2) is 12.1 Å². The van der Waals surface area contributed by atoms with Gasteiger partial charge >= 0.3 is 0 Å². The Morgan fingerprint density at radius 3 is 2.59 bits per heavy atom. The zero-order valence-electron chi connectivity index (χ0n) is 9.59. The second kappa shape index (κ2) is 4.40. The number of nitrogens with zero attached hydrogens (tertiary/aromatic N) is 2. The number of anilines is 2. The molecule has 0 unspecified atom stereocenters. The van der Waals surface area contributed by atoms with Crippen molar-refractivity contribution >= 4 is 21.3 Å². The van der Waals surface area contributed by atoms with Crippen LogP contribution in [0.25, 0.3) is 0 Å². The largest absolute Gasteiger partial charge is 0.481 e. The average Bonchev–Trinajstić information content (AvgIpc) is 2.30. The van der Waals surface area contributed by atoms with Crippen molar-refractivity contribution in [3.63, 3.8) is 0 Å². The molecule has 0 aromatic carbocycles. The standard InChI is InChI=1S/C10H15N3O3S/c1-16-9-3-2-8(11)10(12-9)13-4-6-17(14,15)7-5-13/h2-3H,4-7,11H2,1H3. The number of ether oxygens (including phenoxy) is 1. The Labute approximate surface area is 100 Å². The third kappa shape index (κ3) is 2.60. The summed E-state index contributed by atoms with van der Waals surface area (Å²) in [5.41, 5.74) is 6.37. The Bertz CT molecular complexity index is 502. The summed E-state index contributed by atoms with van der Waals surface area (Å²) in [5, 5.41) is 0. The second-order valence-corrected chi connectivity index (χ2v) is 6.21. The van der Waals surface area contributed by atoms with Gasteiger partial charge in [-0.3, -0.25) is 0 Å². The normalized spacial score (nSPS) is 19.0. The van der Waals surface area contributed by atoms with Gasteiger partial charge < -0.3 is 15.4 Å². The van der Waals surface area contributed by atoms with E-state index in [0.29, 0.717) is 30.5 Å². The van der Waals surface area contributed by atoms with Crippen LogP contribution in [0.1, 0.15) is 0 Å². The first kappa shape index (κ1) is 12.0. The van der Waals surface area contributed by atoms with Crippen molar-refractivity contribution in [2.45, 2.75) is 0 Å². The Balaban J connectivity index is 2.23. The zero-order chi connectivity index (χ0) is 12.5. The molecular weight excluding hydrogens is 242 g/mol. The van der Waals surface area contributed by atoms with Crippen LogP contribution >= 0.6 is 0 Å². The van der Waals surface area contributed by atoms with E-state index in [2.05, 4.69) is 4.98 Å². The van der Waals surface area contributed by atoms with Crippen LogP contribution in [0.3, 0.4) is 0 Å². The zero-order valence-corrected chi connectivity index (χ0v) is 10.4.